The van der Waals surface area contributed by atoms with Gasteiger partial charge in [0.1, 0.15) is 5.82 Å². The number of nitrogen functional groups attached to an aromatic ring is 1. The third kappa shape index (κ3) is 3.41. The third-order valence-electron chi connectivity index (χ3n) is 2.84. The fourth-order valence-electron chi connectivity index (χ4n) is 1.91. The van der Waals surface area contributed by atoms with Gasteiger partial charge in [0, 0.05) is 13.7 Å². The number of hydrogen-bond acceptors (Lipinski definition) is 3. The molecule has 1 rings (SSSR count). The number of amides is 1. The molecule has 1 unspecified atom stereocenters. The zero-order valence-corrected chi connectivity index (χ0v) is 11.2. The molecule has 0 bridgehead atoms. The zero-order chi connectivity index (χ0) is 14.6. The molecule has 0 fully saturated rings. The highest BCUT2D eigenvalue weighted by atomic mass is 19.1. The van der Waals surface area contributed by atoms with Crippen LogP contribution in [0.2, 0.25) is 0 Å². The second kappa shape index (κ2) is 6.47. The van der Waals surface area contributed by atoms with Crippen LogP contribution in [0.1, 0.15) is 24.2 Å². The molecule has 6 heteroatoms. The quantitative estimate of drug-likeness (QED) is 0.835. The van der Waals surface area contributed by atoms with Crippen LogP contribution in [-0.2, 0) is 4.74 Å². The minimum absolute atomic E-state index is 0.244. The summed E-state index contributed by atoms with van der Waals surface area (Å²) in [6, 6.07) is 1.46. The molecule has 1 amide bonds. The van der Waals surface area contributed by atoms with Crippen molar-refractivity contribution in [3.8, 4) is 0 Å². The summed E-state index contributed by atoms with van der Waals surface area (Å²) in [4.78, 5) is 13.6. The van der Waals surface area contributed by atoms with Crippen molar-refractivity contribution >= 4 is 11.6 Å². The Morgan fingerprint density at radius 2 is 2.11 bits per heavy atom. The fraction of sp³-hybridized carbons (Fsp3) is 0.462. The SMILES string of the molecule is CCN(C(=O)c1cc(F)cc(N)c1F)C(C)COC. The Morgan fingerprint density at radius 1 is 1.47 bits per heavy atom. The van der Waals surface area contributed by atoms with Gasteiger partial charge in [0.2, 0.25) is 0 Å². The van der Waals surface area contributed by atoms with Crippen molar-refractivity contribution in [2.75, 3.05) is 26.0 Å². The summed E-state index contributed by atoms with van der Waals surface area (Å²) in [5, 5.41) is 0. The summed E-state index contributed by atoms with van der Waals surface area (Å²) < 4.78 is 32.0. The maximum absolute atomic E-state index is 13.8. The zero-order valence-electron chi connectivity index (χ0n) is 11.2. The molecule has 19 heavy (non-hydrogen) atoms. The number of nitrogens with zero attached hydrogens (tertiary/aromatic N) is 1. The molecule has 0 heterocycles. The standard InChI is InChI=1S/C13H18F2N2O2/c1-4-17(8(2)7-19-3)13(18)10-5-9(14)6-11(16)12(10)15/h5-6,8H,4,7,16H2,1-3H3. The molecule has 1 aromatic rings. The number of nitrogens with two attached hydrogens (primary N) is 1. The molecule has 0 aliphatic heterocycles. The average Bonchev–Trinajstić information content (AvgIpc) is 2.34. The van der Waals surface area contributed by atoms with E-state index in [4.69, 9.17) is 10.5 Å². The molecule has 0 saturated heterocycles. The minimum Gasteiger partial charge on any atom is -0.396 e. The van der Waals surface area contributed by atoms with Crippen LogP contribution in [0, 0.1) is 11.6 Å². The molecule has 0 spiro atoms. The van der Waals surface area contributed by atoms with E-state index < -0.39 is 17.5 Å². The topological polar surface area (TPSA) is 55.6 Å². The fourth-order valence-corrected chi connectivity index (χ4v) is 1.91. The molecule has 0 radical (unpaired) electrons. The van der Waals surface area contributed by atoms with Crippen LogP contribution in [0.15, 0.2) is 12.1 Å². The van der Waals surface area contributed by atoms with E-state index in [1.54, 1.807) is 13.8 Å². The second-order valence-electron chi connectivity index (χ2n) is 4.25. The van der Waals surface area contributed by atoms with Gasteiger partial charge in [-0.1, -0.05) is 0 Å². The van der Waals surface area contributed by atoms with Crippen LogP contribution in [0.5, 0.6) is 0 Å². The number of benzene rings is 1. The van der Waals surface area contributed by atoms with Gasteiger partial charge >= 0.3 is 0 Å². The van der Waals surface area contributed by atoms with E-state index in [0.29, 0.717) is 13.2 Å². The van der Waals surface area contributed by atoms with E-state index in [2.05, 4.69) is 0 Å². The van der Waals surface area contributed by atoms with Crippen LogP contribution >= 0.6 is 0 Å². The maximum atomic E-state index is 13.8. The van der Waals surface area contributed by atoms with E-state index in [0.717, 1.165) is 12.1 Å². The van der Waals surface area contributed by atoms with Crippen molar-refractivity contribution in [1.82, 2.24) is 4.90 Å². The van der Waals surface area contributed by atoms with Crippen molar-refractivity contribution in [3.05, 3.63) is 29.3 Å². The first-order chi connectivity index (χ1) is 8.92. The van der Waals surface area contributed by atoms with Gasteiger partial charge in [0.05, 0.1) is 23.9 Å². The lowest BCUT2D eigenvalue weighted by atomic mass is 10.1. The van der Waals surface area contributed by atoms with Gasteiger partial charge in [0.15, 0.2) is 5.82 Å². The highest BCUT2D eigenvalue weighted by Gasteiger charge is 2.24. The molecule has 1 aromatic carbocycles. The van der Waals surface area contributed by atoms with E-state index in [1.165, 1.54) is 12.0 Å². The number of carbonyl (C=O) groups is 1. The first kappa shape index (κ1) is 15.4. The van der Waals surface area contributed by atoms with Gasteiger partial charge in [-0.15, -0.1) is 0 Å². The number of ether oxygens (including phenoxy) is 1. The van der Waals surface area contributed by atoms with Gasteiger partial charge in [-0.2, -0.15) is 0 Å². The Labute approximate surface area is 111 Å². The minimum atomic E-state index is -0.894. The lowest BCUT2D eigenvalue weighted by Gasteiger charge is -2.27. The first-order valence-electron chi connectivity index (χ1n) is 5.96. The van der Waals surface area contributed by atoms with E-state index in [1.807, 2.05) is 0 Å². The molecule has 0 aliphatic carbocycles. The number of rotatable bonds is 5. The molecule has 0 aliphatic rings. The molecule has 0 saturated carbocycles. The Bertz CT molecular complexity index is 466. The summed E-state index contributed by atoms with van der Waals surface area (Å²) in [7, 11) is 1.51. The van der Waals surface area contributed by atoms with Gasteiger partial charge < -0.3 is 15.4 Å². The maximum Gasteiger partial charge on any atom is 0.257 e. The lowest BCUT2D eigenvalue weighted by molar-refractivity contribution is 0.0574. The molecule has 1 atom stereocenters. The monoisotopic (exact) mass is 272 g/mol. The van der Waals surface area contributed by atoms with Gasteiger partial charge in [-0.25, -0.2) is 8.78 Å². The summed E-state index contributed by atoms with van der Waals surface area (Å²) in [5.74, 6) is -2.23. The Hall–Kier alpha value is -1.69. The van der Waals surface area contributed by atoms with E-state index in [9.17, 15) is 13.6 Å². The highest BCUT2D eigenvalue weighted by molar-refractivity contribution is 5.95. The summed E-state index contributed by atoms with van der Waals surface area (Å²) in [6.45, 7) is 4.20. The predicted octanol–water partition coefficient (Wildman–Crippen LogP) is 2.04. The largest absolute Gasteiger partial charge is 0.396 e. The van der Waals surface area contributed by atoms with Crippen molar-refractivity contribution < 1.29 is 18.3 Å². The normalized spacial score (nSPS) is 12.3. The van der Waals surface area contributed by atoms with Crippen LogP contribution in [-0.4, -0.2) is 37.1 Å². The molecule has 106 valence electrons. The van der Waals surface area contributed by atoms with Crippen molar-refractivity contribution in [2.24, 2.45) is 0 Å². The number of likely N-dealkylation sites (N-methyl/N-ethyl adjacent to an activating group) is 1. The first-order valence-corrected chi connectivity index (χ1v) is 5.96. The van der Waals surface area contributed by atoms with Crippen molar-refractivity contribution in [1.29, 1.82) is 0 Å². The number of carbonyl (C=O) groups excluding carboxylic acids is 1. The van der Waals surface area contributed by atoms with Crippen LogP contribution in [0.4, 0.5) is 14.5 Å². The highest BCUT2D eigenvalue weighted by Crippen LogP contribution is 2.20. The number of anilines is 1. The molecular weight excluding hydrogens is 254 g/mol. The van der Waals surface area contributed by atoms with Crippen LogP contribution < -0.4 is 5.73 Å². The van der Waals surface area contributed by atoms with Crippen LogP contribution in [0.25, 0.3) is 0 Å². The van der Waals surface area contributed by atoms with Gasteiger partial charge in [-0.05, 0) is 26.0 Å². The summed E-state index contributed by atoms with van der Waals surface area (Å²) in [6.07, 6.45) is 0. The molecule has 2 N–H and O–H groups in total. The molecule has 4 nitrogen and oxygen atoms in total. The Morgan fingerprint density at radius 3 is 2.63 bits per heavy atom. The lowest BCUT2D eigenvalue weighted by Crippen LogP contribution is -2.41. The number of halogens is 2. The van der Waals surface area contributed by atoms with Crippen molar-refractivity contribution in [2.45, 2.75) is 19.9 Å². The van der Waals surface area contributed by atoms with Crippen molar-refractivity contribution in [3.63, 3.8) is 0 Å². The summed E-state index contributed by atoms with van der Waals surface area (Å²) in [5.41, 5.74) is 4.59. The third-order valence-corrected chi connectivity index (χ3v) is 2.84. The summed E-state index contributed by atoms with van der Waals surface area (Å²) >= 11 is 0. The van der Waals surface area contributed by atoms with Gasteiger partial charge in [-0.3, -0.25) is 4.79 Å². The average molecular weight is 272 g/mol. The molecule has 0 aromatic heterocycles. The Kier molecular flexibility index (Phi) is 5.23. The van der Waals surface area contributed by atoms with E-state index in [-0.39, 0.29) is 17.3 Å². The van der Waals surface area contributed by atoms with E-state index >= 15 is 0 Å². The predicted molar refractivity (Wildman–Crippen MR) is 68.8 cm³/mol. The second-order valence-corrected chi connectivity index (χ2v) is 4.25. The Balaban J connectivity index is 3.10. The number of methoxy groups -OCH3 is 1. The molecular formula is C13H18F2N2O2. The number of hydrogen-bond donors (Lipinski definition) is 1. The smallest absolute Gasteiger partial charge is 0.257 e. The van der Waals surface area contributed by atoms with Gasteiger partial charge in [0.25, 0.3) is 5.91 Å². The van der Waals surface area contributed by atoms with Crippen LogP contribution in [0.3, 0.4) is 0 Å².